The molecule has 0 saturated heterocycles. The summed E-state index contributed by atoms with van der Waals surface area (Å²) < 4.78 is 0. The molecule has 1 aliphatic heterocycles. The Balaban J connectivity index is 0.00000196. The molecule has 2 atom stereocenters. The quantitative estimate of drug-likeness (QED) is 0.708. The summed E-state index contributed by atoms with van der Waals surface area (Å²) in [6.07, 6.45) is 0. The van der Waals surface area contributed by atoms with E-state index in [0.717, 1.165) is 12.5 Å². The number of aliphatic imine (C=N–C) groups is 1. The van der Waals surface area contributed by atoms with Crippen molar-refractivity contribution in [2.75, 3.05) is 0 Å². The van der Waals surface area contributed by atoms with E-state index in [2.05, 4.69) is 83.4 Å². The van der Waals surface area contributed by atoms with Crippen molar-refractivity contribution in [1.82, 2.24) is 10.6 Å². The van der Waals surface area contributed by atoms with E-state index in [9.17, 15) is 0 Å². The molecule has 2 N–H and O–H groups in total. The third kappa shape index (κ3) is 4.06. The van der Waals surface area contributed by atoms with Gasteiger partial charge in [-0.2, -0.15) is 0 Å². The maximum atomic E-state index is 4.93. The highest BCUT2D eigenvalue weighted by molar-refractivity contribution is 5.85. The highest BCUT2D eigenvalue weighted by atomic mass is 35.5. The van der Waals surface area contributed by atoms with Gasteiger partial charge in [-0.05, 0) is 16.7 Å². The molecule has 3 nitrogen and oxygen atoms in total. The van der Waals surface area contributed by atoms with Crippen molar-refractivity contribution in [2.45, 2.75) is 18.6 Å². The van der Waals surface area contributed by atoms with E-state index >= 15 is 0 Å². The summed E-state index contributed by atoms with van der Waals surface area (Å²) in [6, 6.07) is 31.6. The fraction of sp³-hybridized carbons (Fsp3) is 0.136. The lowest BCUT2D eigenvalue weighted by atomic mass is 9.95. The van der Waals surface area contributed by atoms with Crippen molar-refractivity contribution in [3.8, 4) is 0 Å². The van der Waals surface area contributed by atoms with Gasteiger partial charge in [-0.3, -0.25) is 0 Å². The molecule has 4 heteroatoms. The molecule has 3 aromatic carbocycles. The average Bonchev–Trinajstić information content (AvgIpc) is 3.13. The fourth-order valence-electron chi connectivity index (χ4n) is 3.20. The van der Waals surface area contributed by atoms with Crippen LogP contribution in [0.15, 0.2) is 96.0 Å². The van der Waals surface area contributed by atoms with E-state index in [0.29, 0.717) is 0 Å². The molecule has 1 heterocycles. The van der Waals surface area contributed by atoms with Crippen LogP contribution < -0.4 is 10.6 Å². The van der Waals surface area contributed by atoms with Crippen LogP contribution in [-0.4, -0.2) is 5.96 Å². The van der Waals surface area contributed by atoms with E-state index < -0.39 is 0 Å². The fourth-order valence-corrected chi connectivity index (χ4v) is 3.20. The number of hydrogen-bond acceptors (Lipinski definition) is 3. The van der Waals surface area contributed by atoms with Crippen molar-refractivity contribution >= 4 is 18.4 Å². The zero-order chi connectivity index (χ0) is 16.9. The Bertz CT molecular complexity index is 835. The first-order valence-corrected chi connectivity index (χ1v) is 8.62. The third-order valence-electron chi connectivity index (χ3n) is 4.48. The zero-order valence-electron chi connectivity index (χ0n) is 14.4. The van der Waals surface area contributed by atoms with Crippen LogP contribution in [0.2, 0.25) is 0 Å². The molecule has 132 valence electrons. The van der Waals surface area contributed by atoms with E-state index in [1.165, 1.54) is 16.7 Å². The van der Waals surface area contributed by atoms with Crippen LogP contribution in [0.1, 0.15) is 28.8 Å². The average molecular weight is 364 g/mol. The summed E-state index contributed by atoms with van der Waals surface area (Å²) in [5.74, 6) is 0.853. The standard InChI is InChI=1S/C22H21N3.ClH/c1-4-10-17(11-5-1)16-23-22-24-20(18-12-6-2-7-13-18)21(25-22)19-14-8-3-9-15-19;/h1-15,20-21H,16H2,(H2,23,24,25);1H. The van der Waals surface area contributed by atoms with Crippen LogP contribution in [0, 0.1) is 0 Å². The maximum Gasteiger partial charge on any atom is 0.192 e. The van der Waals surface area contributed by atoms with Crippen LogP contribution in [0.5, 0.6) is 0 Å². The lowest BCUT2D eigenvalue weighted by molar-refractivity contribution is 0.570. The number of guanidine groups is 1. The van der Waals surface area contributed by atoms with Crippen molar-refractivity contribution in [3.63, 3.8) is 0 Å². The van der Waals surface area contributed by atoms with Crippen LogP contribution in [0.4, 0.5) is 0 Å². The molecular weight excluding hydrogens is 342 g/mol. The highest BCUT2D eigenvalue weighted by Crippen LogP contribution is 2.35. The Morgan fingerprint density at radius 1 is 0.731 bits per heavy atom. The number of benzene rings is 3. The smallest absolute Gasteiger partial charge is 0.192 e. The number of nitrogens with one attached hydrogen (secondary N) is 2. The third-order valence-corrected chi connectivity index (χ3v) is 4.48. The molecule has 1 aliphatic rings. The molecule has 0 aliphatic carbocycles. The Morgan fingerprint density at radius 2 is 1.27 bits per heavy atom. The summed E-state index contributed by atoms with van der Waals surface area (Å²) in [5, 5.41) is 7.00. The Kier molecular flexibility index (Phi) is 5.92. The minimum atomic E-state index is 0. The molecule has 26 heavy (non-hydrogen) atoms. The van der Waals surface area contributed by atoms with E-state index in [4.69, 9.17) is 4.99 Å². The van der Waals surface area contributed by atoms with Gasteiger partial charge in [0, 0.05) is 6.54 Å². The summed E-state index contributed by atoms with van der Waals surface area (Å²) in [4.78, 5) is 4.93. The van der Waals surface area contributed by atoms with Crippen molar-refractivity contribution in [2.24, 2.45) is 4.99 Å². The molecule has 4 rings (SSSR count). The van der Waals surface area contributed by atoms with E-state index in [1.807, 2.05) is 18.2 Å². The number of nitrogens with zero attached hydrogens (tertiary/aromatic N) is 1. The van der Waals surface area contributed by atoms with Crippen LogP contribution in [0.3, 0.4) is 0 Å². The summed E-state index contributed by atoms with van der Waals surface area (Å²) in [7, 11) is 0. The predicted octanol–water partition coefficient (Wildman–Crippen LogP) is 4.64. The minimum absolute atomic E-state index is 0. The van der Waals surface area contributed by atoms with Gasteiger partial charge in [-0.25, -0.2) is 4.99 Å². The van der Waals surface area contributed by atoms with Crippen LogP contribution in [-0.2, 0) is 6.54 Å². The second kappa shape index (κ2) is 8.54. The Morgan fingerprint density at radius 3 is 1.88 bits per heavy atom. The first-order valence-electron chi connectivity index (χ1n) is 8.62. The molecule has 2 unspecified atom stereocenters. The second-order valence-corrected chi connectivity index (χ2v) is 6.21. The predicted molar refractivity (Wildman–Crippen MR) is 109 cm³/mol. The maximum absolute atomic E-state index is 4.93. The normalized spacial score (nSPS) is 18.4. The number of rotatable bonds is 4. The molecule has 0 radical (unpaired) electrons. The van der Waals surface area contributed by atoms with Gasteiger partial charge in [0.2, 0.25) is 0 Å². The SMILES string of the molecule is Cl.c1ccc(CNC2=NC(c3ccccc3)C(c3ccccc3)N2)cc1. The number of halogens is 1. The molecule has 0 saturated carbocycles. The van der Waals surface area contributed by atoms with Crippen LogP contribution in [0.25, 0.3) is 0 Å². The van der Waals surface area contributed by atoms with Gasteiger partial charge >= 0.3 is 0 Å². The topological polar surface area (TPSA) is 36.4 Å². The first-order chi connectivity index (χ1) is 12.4. The van der Waals surface area contributed by atoms with Gasteiger partial charge in [0.25, 0.3) is 0 Å². The van der Waals surface area contributed by atoms with Crippen LogP contribution >= 0.6 is 12.4 Å². The molecule has 0 aromatic heterocycles. The van der Waals surface area contributed by atoms with E-state index in [-0.39, 0.29) is 24.5 Å². The van der Waals surface area contributed by atoms with E-state index in [1.54, 1.807) is 0 Å². The number of hydrogen-bond donors (Lipinski definition) is 2. The molecule has 3 aromatic rings. The monoisotopic (exact) mass is 363 g/mol. The lowest BCUT2D eigenvalue weighted by Gasteiger charge is -2.19. The highest BCUT2D eigenvalue weighted by Gasteiger charge is 2.30. The lowest BCUT2D eigenvalue weighted by Crippen LogP contribution is -2.35. The van der Waals surface area contributed by atoms with Crippen molar-refractivity contribution in [3.05, 3.63) is 108 Å². The molecule has 0 spiro atoms. The Hall–Kier alpha value is -2.78. The van der Waals surface area contributed by atoms with Crippen molar-refractivity contribution < 1.29 is 0 Å². The van der Waals surface area contributed by atoms with Crippen molar-refractivity contribution in [1.29, 1.82) is 0 Å². The molecule has 0 fully saturated rings. The van der Waals surface area contributed by atoms with Gasteiger partial charge in [0.1, 0.15) is 6.04 Å². The van der Waals surface area contributed by atoms with Gasteiger partial charge in [-0.15, -0.1) is 12.4 Å². The summed E-state index contributed by atoms with van der Waals surface area (Å²) in [5.41, 5.74) is 3.71. The van der Waals surface area contributed by atoms with Gasteiger partial charge in [0.05, 0.1) is 6.04 Å². The molecular formula is C22H22ClN3. The largest absolute Gasteiger partial charge is 0.352 e. The minimum Gasteiger partial charge on any atom is -0.352 e. The molecule has 0 amide bonds. The van der Waals surface area contributed by atoms with Gasteiger partial charge in [0.15, 0.2) is 5.96 Å². The second-order valence-electron chi connectivity index (χ2n) is 6.21. The zero-order valence-corrected chi connectivity index (χ0v) is 15.2. The summed E-state index contributed by atoms with van der Waals surface area (Å²) in [6.45, 7) is 0.760. The van der Waals surface area contributed by atoms with Gasteiger partial charge < -0.3 is 10.6 Å². The Labute approximate surface area is 160 Å². The summed E-state index contributed by atoms with van der Waals surface area (Å²) >= 11 is 0. The first kappa shape index (κ1) is 18.0. The van der Waals surface area contributed by atoms with Gasteiger partial charge in [-0.1, -0.05) is 91.0 Å². The molecule has 0 bridgehead atoms.